The fourth-order valence-electron chi connectivity index (χ4n) is 5.22. The molecule has 1 fully saturated rings. The van der Waals surface area contributed by atoms with Crippen molar-refractivity contribution in [2.24, 2.45) is 5.73 Å². The fourth-order valence-corrected chi connectivity index (χ4v) is 5.22. The summed E-state index contributed by atoms with van der Waals surface area (Å²) in [5.41, 5.74) is 9.22. The van der Waals surface area contributed by atoms with Crippen LogP contribution in [0.3, 0.4) is 0 Å². The van der Waals surface area contributed by atoms with Crippen molar-refractivity contribution in [1.82, 2.24) is 9.38 Å². The molecule has 3 N–H and O–H groups in total. The average molecular weight is 472 g/mol. The first kappa shape index (κ1) is 24.2. The number of carbonyl (C=O) groups excluding carboxylic acids is 3. The SMILES string of the molecule is Cc1cccc(NC(=O)N(C)CC(=O)[N+]2(c3ccccc3)C(C(N)=O)CCC2c2ccccc2)c1. The maximum absolute atomic E-state index is 14.2. The molecule has 3 aromatic rings. The summed E-state index contributed by atoms with van der Waals surface area (Å²) in [6, 6.07) is 25.1. The Hall–Kier alpha value is -3.97. The smallest absolute Gasteiger partial charge is 0.339 e. The number of nitrogens with zero attached hydrogens (tertiary/aromatic N) is 2. The monoisotopic (exact) mass is 471 g/mol. The van der Waals surface area contributed by atoms with Gasteiger partial charge in [-0.3, -0.25) is 4.79 Å². The third-order valence-electron chi connectivity index (χ3n) is 6.79. The molecule has 7 nitrogen and oxygen atoms in total. The number of primary amides is 1. The number of nitrogens with one attached hydrogen (secondary N) is 1. The molecule has 35 heavy (non-hydrogen) atoms. The number of anilines is 1. The van der Waals surface area contributed by atoms with Crippen LogP contribution in [0.25, 0.3) is 0 Å². The normalized spacial score (nSPS) is 21.3. The number of nitrogens with two attached hydrogens (primary N) is 1. The van der Waals surface area contributed by atoms with Crippen molar-refractivity contribution >= 4 is 29.2 Å². The average Bonchev–Trinajstić information content (AvgIpc) is 3.27. The van der Waals surface area contributed by atoms with E-state index in [1.807, 2.05) is 85.8 Å². The van der Waals surface area contributed by atoms with Gasteiger partial charge in [0.2, 0.25) is 0 Å². The fraction of sp³-hybridized carbons (Fsp3) is 0.250. The lowest BCUT2D eigenvalue weighted by atomic mass is 10.0. The highest BCUT2D eigenvalue weighted by atomic mass is 16.2. The van der Waals surface area contributed by atoms with Crippen LogP contribution in [0, 0.1) is 6.92 Å². The number of benzene rings is 3. The van der Waals surface area contributed by atoms with Crippen LogP contribution in [0.1, 0.15) is 30.0 Å². The number of rotatable bonds is 6. The van der Waals surface area contributed by atoms with E-state index in [4.69, 9.17) is 5.73 Å². The van der Waals surface area contributed by atoms with E-state index in [0.717, 1.165) is 11.1 Å². The maximum atomic E-state index is 14.2. The van der Waals surface area contributed by atoms with Crippen molar-refractivity contribution in [1.29, 1.82) is 0 Å². The van der Waals surface area contributed by atoms with Crippen molar-refractivity contribution in [2.45, 2.75) is 31.8 Å². The van der Waals surface area contributed by atoms with Gasteiger partial charge in [-0.2, -0.15) is 0 Å². The highest BCUT2D eigenvalue weighted by Crippen LogP contribution is 2.47. The summed E-state index contributed by atoms with van der Waals surface area (Å²) in [6.45, 7) is 1.76. The molecule has 3 unspecified atom stereocenters. The predicted octanol–water partition coefficient (Wildman–Crippen LogP) is 4.38. The van der Waals surface area contributed by atoms with Gasteiger partial charge in [-0.05, 0) is 36.8 Å². The van der Waals surface area contributed by atoms with Gasteiger partial charge in [-0.25, -0.2) is 14.1 Å². The van der Waals surface area contributed by atoms with E-state index < -0.39 is 18.0 Å². The van der Waals surface area contributed by atoms with Crippen LogP contribution >= 0.6 is 0 Å². The molecule has 3 atom stereocenters. The molecule has 0 bridgehead atoms. The lowest BCUT2D eigenvalue weighted by Crippen LogP contribution is -2.65. The summed E-state index contributed by atoms with van der Waals surface area (Å²) < 4.78 is -0.234. The molecule has 1 heterocycles. The minimum atomic E-state index is -0.733. The second kappa shape index (κ2) is 10.1. The topological polar surface area (TPSA) is 92.5 Å². The number of hydrogen-bond donors (Lipinski definition) is 2. The van der Waals surface area contributed by atoms with Gasteiger partial charge in [-0.1, -0.05) is 60.7 Å². The van der Waals surface area contributed by atoms with Gasteiger partial charge in [0.1, 0.15) is 18.3 Å². The van der Waals surface area contributed by atoms with Crippen LogP contribution in [0.4, 0.5) is 16.2 Å². The van der Waals surface area contributed by atoms with Crippen molar-refractivity contribution < 1.29 is 14.4 Å². The number of urea groups is 1. The zero-order valence-electron chi connectivity index (χ0n) is 20.1. The Labute approximate surface area is 205 Å². The van der Waals surface area contributed by atoms with Crippen LogP contribution < -0.4 is 15.5 Å². The molecule has 0 aromatic heterocycles. The second-order valence-corrected chi connectivity index (χ2v) is 9.08. The van der Waals surface area contributed by atoms with Crippen LogP contribution in [-0.2, 0) is 9.59 Å². The Morgan fingerprint density at radius 1 is 0.943 bits per heavy atom. The summed E-state index contributed by atoms with van der Waals surface area (Å²) >= 11 is 0. The van der Waals surface area contributed by atoms with Gasteiger partial charge in [0, 0.05) is 31.1 Å². The van der Waals surface area contributed by atoms with Crippen LogP contribution in [0.15, 0.2) is 84.9 Å². The van der Waals surface area contributed by atoms with Crippen molar-refractivity contribution in [3.63, 3.8) is 0 Å². The highest BCUT2D eigenvalue weighted by Gasteiger charge is 2.59. The summed E-state index contributed by atoms with van der Waals surface area (Å²) in [5.74, 6) is -0.777. The zero-order chi connectivity index (χ0) is 25.0. The predicted molar refractivity (Wildman–Crippen MR) is 137 cm³/mol. The number of amides is 4. The molecule has 0 saturated carbocycles. The van der Waals surface area contributed by atoms with E-state index in [2.05, 4.69) is 5.32 Å². The first-order valence-electron chi connectivity index (χ1n) is 11.7. The van der Waals surface area contributed by atoms with Crippen molar-refractivity contribution in [3.05, 3.63) is 96.1 Å². The Morgan fingerprint density at radius 2 is 1.60 bits per heavy atom. The third-order valence-corrected chi connectivity index (χ3v) is 6.79. The second-order valence-electron chi connectivity index (χ2n) is 9.08. The standard InChI is InChI=1S/C28H30N4O3/c1-20-10-9-13-22(18-20)30-28(35)31(2)19-26(33)32(23-14-7-4-8-15-23)24(16-17-25(32)27(29)34)21-11-5-3-6-12-21/h3-15,18,24-25H,16-17,19H2,1-2H3,(H2-,29,30,34,35)/p+1. The minimum Gasteiger partial charge on any atom is -0.364 e. The van der Waals surface area contributed by atoms with Crippen LogP contribution in [0.5, 0.6) is 0 Å². The number of likely N-dealkylation sites (N-methyl/N-ethyl adjacent to an activating group) is 1. The van der Waals surface area contributed by atoms with E-state index in [1.54, 1.807) is 13.1 Å². The quantitative estimate of drug-likeness (QED) is 0.523. The van der Waals surface area contributed by atoms with E-state index in [0.29, 0.717) is 24.2 Å². The number of aryl methyl sites for hydroxylation is 1. The van der Waals surface area contributed by atoms with Gasteiger partial charge in [0.15, 0.2) is 6.04 Å². The van der Waals surface area contributed by atoms with Crippen molar-refractivity contribution in [3.8, 4) is 0 Å². The molecule has 4 rings (SSSR count). The first-order valence-corrected chi connectivity index (χ1v) is 11.7. The summed E-state index contributed by atoms with van der Waals surface area (Å²) in [4.78, 5) is 41.3. The minimum absolute atomic E-state index is 0.181. The van der Waals surface area contributed by atoms with E-state index in [-0.39, 0.29) is 23.0 Å². The summed E-state index contributed by atoms with van der Waals surface area (Å²) in [7, 11) is 1.58. The van der Waals surface area contributed by atoms with Gasteiger partial charge in [0.05, 0.1) is 0 Å². The van der Waals surface area contributed by atoms with Crippen LogP contribution in [0.2, 0.25) is 0 Å². The Morgan fingerprint density at radius 3 is 2.23 bits per heavy atom. The summed E-state index contributed by atoms with van der Waals surface area (Å²) in [6.07, 6.45) is 1.10. The highest BCUT2D eigenvalue weighted by molar-refractivity contribution is 6.00. The number of hydrogen-bond acceptors (Lipinski definition) is 3. The van der Waals surface area contributed by atoms with E-state index in [1.165, 1.54) is 4.90 Å². The summed E-state index contributed by atoms with van der Waals surface area (Å²) in [5, 5.41) is 2.84. The third kappa shape index (κ3) is 4.68. The van der Waals surface area contributed by atoms with Gasteiger partial charge in [-0.15, -0.1) is 0 Å². The molecule has 7 heteroatoms. The molecule has 0 spiro atoms. The molecule has 0 radical (unpaired) electrons. The number of para-hydroxylation sites is 1. The Balaban J connectivity index is 1.71. The molecule has 1 aliphatic rings. The Bertz CT molecular complexity index is 1220. The number of likely N-dealkylation sites (tertiary alicyclic amines) is 1. The van der Waals surface area contributed by atoms with E-state index >= 15 is 0 Å². The van der Waals surface area contributed by atoms with Gasteiger partial charge in [0.25, 0.3) is 5.91 Å². The number of quaternary nitrogens is 1. The molecule has 4 amide bonds. The first-order chi connectivity index (χ1) is 16.8. The molecule has 180 valence electrons. The largest absolute Gasteiger partial charge is 0.364 e. The molecule has 1 saturated heterocycles. The zero-order valence-corrected chi connectivity index (χ0v) is 20.1. The van der Waals surface area contributed by atoms with Gasteiger partial charge < -0.3 is 16.0 Å². The molecular formula is C28H31N4O3+. The van der Waals surface area contributed by atoms with E-state index in [9.17, 15) is 14.4 Å². The lowest BCUT2D eigenvalue weighted by Gasteiger charge is -2.41. The van der Waals surface area contributed by atoms with Crippen molar-refractivity contribution in [2.75, 3.05) is 18.9 Å². The number of carbonyl (C=O) groups is 3. The molecule has 3 aromatic carbocycles. The Kier molecular flexibility index (Phi) is 6.98. The maximum Gasteiger partial charge on any atom is 0.339 e. The molecule has 1 aliphatic heterocycles. The van der Waals surface area contributed by atoms with Crippen LogP contribution in [-0.4, -0.2) is 42.4 Å². The lowest BCUT2D eigenvalue weighted by molar-refractivity contribution is -0.138. The van der Waals surface area contributed by atoms with Gasteiger partial charge >= 0.3 is 11.9 Å². The molecular weight excluding hydrogens is 440 g/mol. The molecule has 0 aliphatic carbocycles.